The second-order valence-electron chi connectivity index (χ2n) is 2.58. The van der Waals surface area contributed by atoms with Crippen molar-refractivity contribution < 1.29 is 0 Å². The van der Waals surface area contributed by atoms with Gasteiger partial charge in [-0.2, -0.15) is 0 Å². The van der Waals surface area contributed by atoms with Crippen LogP contribution in [0.3, 0.4) is 0 Å². The monoisotopic (exact) mass is 342 g/mol. The van der Waals surface area contributed by atoms with Crippen LogP contribution in [0, 0.1) is 3.57 Å². The van der Waals surface area contributed by atoms with Gasteiger partial charge < -0.3 is 0 Å². The van der Waals surface area contributed by atoms with E-state index in [1.54, 1.807) is 12.4 Å². The van der Waals surface area contributed by atoms with Gasteiger partial charge in [0.15, 0.2) is 5.82 Å². The third-order valence-corrected chi connectivity index (χ3v) is 2.39. The van der Waals surface area contributed by atoms with Gasteiger partial charge >= 0.3 is 0 Å². The SMILES string of the molecule is CC.CC.Ic1ccc(-c2ncccn2)cc1. The zero-order valence-corrected chi connectivity index (χ0v) is 13.0. The Bertz CT molecular complexity index is 385. The van der Waals surface area contributed by atoms with Crippen molar-refractivity contribution in [3.8, 4) is 11.4 Å². The molecule has 0 saturated heterocycles. The lowest BCUT2D eigenvalue weighted by atomic mass is 10.2. The summed E-state index contributed by atoms with van der Waals surface area (Å²) >= 11 is 2.28. The maximum absolute atomic E-state index is 4.17. The molecule has 92 valence electrons. The molecule has 0 aliphatic carbocycles. The molecule has 1 heterocycles. The fraction of sp³-hybridized carbons (Fsp3) is 0.286. The molecule has 0 aliphatic heterocycles. The topological polar surface area (TPSA) is 25.8 Å². The van der Waals surface area contributed by atoms with Crippen LogP contribution in [0.15, 0.2) is 42.7 Å². The maximum atomic E-state index is 4.17. The molecule has 0 bridgehead atoms. The van der Waals surface area contributed by atoms with Gasteiger partial charge in [0, 0.05) is 21.5 Å². The highest BCUT2D eigenvalue weighted by Crippen LogP contribution is 2.15. The van der Waals surface area contributed by atoms with E-state index in [1.807, 2.05) is 58.0 Å². The number of aromatic nitrogens is 2. The maximum Gasteiger partial charge on any atom is 0.159 e. The first kappa shape index (κ1) is 16.0. The largest absolute Gasteiger partial charge is 0.237 e. The van der Waals surface area contributed by atoms with Gasteiger partial charge in [-0.25, -0.2) is 9.97 Å². The zero-order valence-electron chi connectivity index (χ0n) is 10.8. The molecule has 0 saturated carbocycles. The number of hydrogen-bond donors (Lipinski definition) is 0. The molecule has 0 N–H and O–H groups in total. The minimum atomic E-state index is 0.777. The first-order valence-corrected chi connectivity index (χ1v) is 6.97. The summed E-state index contributed by atoms with van der Waals surface area (Å²) in [5, 5.41) is 0. The van der Waals surface area contributed by atoms with Gasteiger partial charge in [0.25, 0.3) is 0 Å². The molecule has 1 aromatic heterocycles. The standard InChI is InChI=1S/C10H7IN2.2C2H6/c11-9-4-2-8(3-5-9)10-12-6-1-7-13-10;2*1-2/h1-7H;2*1-2H3. The Morgan fingerprint density at radius 1 is 0.824 bits per heavy atom. The quantitative estimate of drug-likeness (QED) is 0.696. The highest BCUT2D eigenvalue weighted by Gasteiger charge is 1.97. The van der Waals surface area contributed by atoms with Crippen molar-refractivity contribution in [1.82, 2.24) is 9.97 Å². The third kappa shape index (κ3) is 5.77. The van der Waals surface area contributed by atoms with Gasteiger partial charge in [-0.05, 0) is 40.8 Å². The van der Waals surface area contributed by atoms with Crippen LogP contribution in [0.1, 0.15) is 27.7 Å². The first-order valence-electron chi connectivity index (χ1n) is 5.89. The van der Waals surface area contributed by atoms with E-state index in [4.69, 9.17) is 0 Å². The lowest BCUT2D eigenvalue weighted by molar-refractivity contribution is 1.18. The minimum Gasteiger partial charge on any atom is -0.237 e. The summed E-state index contributed by atoms with van der Waals surface area (Å²) in [5.41, 5.74) is 1.06. The zero-order chi connectivity index (χ0) is 13.1. The first-order chi connectivity index (χ1) is 8.36. The van der Waals surface area contributed by atoms with Crippen LogP contribution in [-0.2, 0) is 0 Å². The minimum absolute atomic E-state index is 0.777. The molecule has 0 atom stereocenters. The Balaban J connectivity index is 0.000000581. The molecule has 1 aromatic carbocycles. The van der Waals surface area contributed by atoms with Crippen molar-refractivity contribution in [2.24, 2.45) is 0 Å². The van der Waals surface area contributed by atoms with E-state index in [0.717, 1.165) is 11.4 Å². The van der Waals surface area contributed by atoms with E-state index in [2.05, 4.69) is 32.6 Å². The van der Waals surface area contributed by atoms with Crippen LogP contribution >= 0.6 is 22.6 Å². The summed E-state index contributed by atoms with van der Waals surface area (Å²) in [6.07, 6.45) is 3.50. The highest BCUT2D eigenvalue weighted by molar-refractivity contribution is 14.1. The Morgan fingerprint density at radius 2 is 1.29 bits per heavy atom. The number of benzene rings is 1. The van der Waals surface area contributed by atoms with E-state index in [0.29, 0.717) is 0 Å². The van der Waals surface area contributed by atoms with Gasteiger partial charge in [0.2, 0.25) is 0 Å². The molecule has 2 rings (SSSR count). The lowest BCUT2D eigenvalue weighted by Gasteiger charge is -1.97. The van der Waals surface area contributed by atoms with E-state index >= 15 is 0 Å². The molecular weight excluding hydrogens is 323 g/mol. The summed E-state index contributed by atoms with van der Waals surface area (Å²) in [4.78, 5) is 8.33. The van der Waals surface area contributed by atoms with Gasteiger partial charge in [0.05, 0.1) is 0 Å². The van der Waals surface area contributed by atoms with Crippen molar-refractivity contribution >= 4 is 22.6 Å². The molecular formula is C14H19IN2. The molecule has 0 amide bonds. The number of rotatable bonds is 1. The summed E-state index contributed by atoms with van der Waals surface area (Å²) in [5.74, 6) is 0.777. The van der Waals surface area contributed by atoms with Gasteiger partial charge in [-0.3, -0.25) is 0 Å². The van der Waals surface area contributed by atoms with Crippen LogP contribution in [0.25, 0.3) is 11.4 Å². The van der Waals surface area contributed by atoms with Crippen LogP contribution < -0.4 is 0 Å². The molecule has 3 heteroatoms. The number of halogens is 1. The van der Waals surface area contributed by atoms with E-state index in [1.165, 1.54) is 3.57 Å². The van der Waals surface area contributed by atoms with Crippen molar-refractivity contribution in [2.75, 3.05) is 0 Å². The Hall–Kier alpha value is -0.970. The summed E-state index contributed by atoms with van der Waals surface area (Å²) in [6.45, 7) is 8.00. The summed E-state index contributed by atoms with van der Waals surface area (Å²) in [7, 11) is 0. The molecule has 0 radical (unpaired) electrons. The normalized spacial score (nSPS) is 8.29. The van der Waals surface area contributed by atoms with Gasteiger partial charge in [-0.15, -0.1) is 0 Å². The second-order valence-corrected chi connectivity index (χ2v) is 3.82. The van der Waals surface area contributed by atoms with Gasteiger partial charge in [-0.1, -0.05) is 39.8 Å². The molecule has 0 fully saturated rings. The van der Waals surface area contributed by atoms with Crippen molar-refractivity contribution in [2.45, 2.75) is 27.7 Å². The molecule has 0 aliphatic rings. The average molecular weight is 342 g/mol. The fourth-order valence-electron chi connectivity index (χ4n) is 1.05. The number of hydrogen-bond acceptors (Lipinski definition) is 2. The van der Waals surface area contributed by atoms with Crippen LogP contribution in [0.4, 0.5) is 0 Å². The van der Waals surface area contributed by atoms with Gasteiger partial charge in [0.1, 0.15) is 0 Å². The van der Waals surface area contributed by atoms with E-state index < -0.39 is 0 Å². The van der Waals surface area contributed by atoms with Crippen LogP contribution in [0.2, 0.25) is 0 Å². The smallest absolute Gasteiger partial charge is 0.159 e. The number of nitrogens with zero attached hydrogens (tertiary/aromatic N) is 2. The molecule has 2 aromatic rings. The summed E-state index contributed by atoms with van der Waals surface area (Å²) in [6, 6.07) is 9.96. The predicted octanol–water partition coefficient (Wildman–Crippen LogP) is 4.80. The van der Waals surface area contributed by atoms with Crippen LogP contribution in [0.5, 0.6) is 0 Å². The lowest BCUT2D eigenvalue weighted by Crippen LogP contribution is -1.85. The molecule has 0 unspecified atom stereocenters. The van der Waals surface area contributed by atoms with Crippen LogP contribution in [-0.4, -0.2) is 9.97 Å². The predicted molar refractivity (Wildman–Crippen MR) is 82.9 cm³/mol. The molecule has 0 spiro atoms. The summed E-state index contributed by atoms with van der Waals surface area (Å²) < 4.78 is 1.22. The molecule has 17 heavy (non-hydrogen) atoms. The Morgan fingerprint density at radius 3 is 1.76 bits per heavy atom. The Kier molecular flexibility index (Phi) is 9.62. The third-order valence-electron chi connectivity index (χ3n) is 1.67. The van der Waals surface area contributed by atoms with Crippen molar-refractivity contribution in [3.05, 3.63) is 46.3 Å². The highest BCUT2D eigenvalue weighted by atomic mass is 127. The Labute approximate surface area is 118 Å². The van der Waals surface area contributed by atoms with E-state index in [-0.39, 0.29) is 0 Å². The molecule has 2 nitrogen and oxygen atoms in total. The second kappa shape index (κ2) is 10.2. The van der Waals surface area contributed by atoms with E-state index in [9.17, 15) is 0 Å². The fourth-order valence-corrected chi connectivity index (χ4v) is 1.41. The van der Waals surface area contributed by atoms with Crippen molar-refractivity contribution in [1.29, 1.82) is 0 Å². The van der Waals surface area contributed by atoms with Crippen molar-refractivity contribution in [3.63, 3.8) is 0 Å². The average Bonchev–Trinajstić information content (AvgIpc) is 2.45.